The van der Waals surface area contributed by atoms with E-state index in [1.807, 2.05) is 47.8 Å². The average Bonchev–Trinajstić information content (AvgIpc) is 3.11. The fraction of sp³-hybridized carbons (Fsp3) is 0.529. The smallest absolute Gasteiger partial charge is 0.326 e. The molecule has 2 fully saturated rings. The second-order valence-electron chi connectivity index (χ2n) is 5.87. The third kappa shape index (κ3) is 4.19. The van der Waals surface area contributed by atoms with E-state index in [0.717, 1.165) is 6.42 Å². The second kappa shape index (κ2) is 8.16. The Balaban J connectivity index is 1.52. The highest BCUT2D eigenvalue weighted by Gasteiger charge is 2.33. The van der Waals surface area contributed by atoms with E-state index < -0.39 is 12.0 Å². The number of hydrogen-bond acceptors (Lipinski definition) is 5. The van der Waals surface area contributed by atoms with Crippen LogP contribution in [0.4, 0.5) is 0 Å². The number of carbonyl (C=O) groups is 2. The highest BCUT2D eigenvalue weighted by atomic mass is 32.2. The van der Waals surface area contributed by atoms with Crippen molar-refractivity contribution in [3.8, 4) is 5.75 Å². The molecule has 0 aromatic heterocycles. The van der Waals surface area contributed by atoms with Crippen molar-refractivity contribution in [2.75, 3.05) is 24.7 Å². The molecule has 1 aromatic carbocycles. The third-order valence-electron chi connectivity index (χ3n) is 4.20. The van der Waals surface area contributed by atoms with Crippen molar-refractivity contribution in [3.63, 3.8) is 0 Å². The number of amides is 1. The van der Waals surface area contributed by atoms with Gasteiger partial charge in [0, 0.05) is 6.54 Å². The summed E-state index contributed by atoms with van der Waals surface area (Å²) < 4.78 is 6.03. The lowest BCUT2D eigenvalue weighted by molar-refractivity contribution is -0.148. The van der Waals surface area contributed by atoms with Crippen molar-refractivity contribution in [2.45, 2.75) is 29.9 Å². The van der Waals surface area contributed by atoms with Gasteiger partial charge in [-0.05, 0) is 48.5 Å². The van der Waals surface area contributed by atoms with Crippen LogP contribution in [0.25, 0.3) is 0 Å². The number of ether oxygens (including phenoxy) is 1. The van der Waals surface area contributed by atoms with Gasteiger partial charge in [-0.3, -0.25) is 4.79 Å². The summed E-state index contributed by atoms with van der Waals surface area (Å²) in [6.45, 7) is 0.379. The molecule has 0 spiro atoms. The summed E-state index contributed by atoms with van der Waals surface area (Å²) in [5.41, 5.74) is 1.27. The van der Waals surface area contributed by atoms with Crippen LogP contribution in [0.15, 0.2) is 24.3 Å². The Morgan fingerprint density at radius 1 is 1.17 bits per heavy atom. The normalized spacial score (nSPS) is 21.7. The van der Waals surface area contributed by atoms with Crippen molar-refractivity contribution >= 4 is 35.4 Å². The molecule has 1 N–H and O–H groups in total. The van der Waals surface area contributed by atoms with E-state index in [1.165, 1.54) is 28.4 Å². The highest BCUT2D eigenvalue weighted by Crippen LogP contribution is 2.43. The minimum absolute atomic E-state index is 0.115. The van der Waals surface area contributed by atoms with Crippen LogP contribution >= 0.6 is 23.5 Å². The standard InChI is InChI=1S/C17H21NO4S2/c19-15(18-8-1-3-14(18)16(20)21)11-22-13-6-4-12(5-7-13)17-23-9-2-10-24-17/h4-7,14,17H,1-3,8-11H2,(H,20,21)/t14-/m1/s1. The lowest BCUT2D eigenvalue weighted by atomic mass is 10.2. The number of carbonyl (C=O) groups excluding carboxylic acids is 1. The molecule has 1 atom stereocenters. The summed E-state index contributed by atoms with van der Waals surface area (Å²) in [6, 6.07) is 7.16. The molecule has 0 radical (unpaired) electrons. The summed E-state index contributed by atoms with van der Waals surface area (Å²) in [7, 11) is 0. The molecule has 1 amide bonds. The first kappa shape index (κ1) is 17.5. The van der Waals surface area contributed by atoms with Crippen LogP contribution in [0.1, 0.15) is 29.4 Å². The summed E-state index contributed by atoms with van der Waals surface area (Å²) in [5, 5.41) is 9.13. The maximum atomic E-state index is 12.2. The summed E-state index contributed by atoms with van der Waals surface area (Å²) >= 11 is 3.93. The fourth-order valence-electron chi connectivity index (χ4n) is 2.95. The largest absolute Gasteiger partial charge is 0.484 e. The molecule has 2 heterocycles. The lowest BCUT2D eigenvalue weighted by Gasteiger charge is -2.22. The zero-order valence-corrected chi connectivity index (χ0v) is 15.0. The summed E-state index contributed by atoms with van der Waals surface area (Å²) in [6.07, 6.45) is 2.52. The van der Waals surface area contributed by atoms with E-state index in [9.17, 15) is 9.59 Å². The first-order valence-electron chi connectivity index (χ1n) is 8.13. The van der Waals surface area contributed by atoms with Crippen LogP contribution in [-0.2, 0) is 9.59 Å². The Hall–Kier alpha value is -1.34. The van der Waals surface area contributed by atoms with E-state index in [2.05, 4.69) is 0 Å². The van der Waals surface area contributed by atoms with Gasteiger partial charge in [-0.2, -0.15) is 0 Å². The van der Waals surface area contributed by atoms with Gasteiger partial charge < -0.3 is 14.7 Å². The summed E-state index contributed by atoms with van der Waals surface area (Å²) in [5.74, 6) is 1.84. The molecule has 0 bridgehead atoms. The van der Waals surface area contributed by atoms with E-state index >= 15 is 0 Å². The SMILES string of the molecule is O=C(O)[C@H]1CCCN1C(=O)COc1ccc(C2SCCCS2)cc1. The molecule has 0 aliphatic carbocycles. The maximum absolute atomic E-state index is 12.2. The van der Waals surface area contributed by atoms with Gasteiger partial charge in [0.2, 0.25) is 0 Å². The number of aliphatic carboxylic acids is 1. The third-order valence-corrected chi connectivity index (χ3v) is 7.21. The molecule has 1 aromatic rings. The van der Waals surface area contributed by atoms with E-state index in [-0.39, 0.29) is 12.5 Å². The van der Waals surface area contributed by atoms with Gasteiger partial charge in [0.05, 0.1) is 4.58 Å². The Morgan fingerprint density at radius 3 is 2.54 bits per heavy atom. The van der Waals surface area contributed by atoms with E-state index in [1.54, 1.807) is 0 Å². The van der Waals surface area contributed by atoms with Crippen LogP contribution in [0.2, 0.25) is 0 Å². The molecule has 130 valence electrons. The zero-order valence-electron chi connectivity index (χ0n) is 13.3. The Bertz CT molecular complexity index is 587. The Labute approximate surface area is 150 Å². The van der Waals surface area contributed by atoms with E-state index in [4.69, 9.17) is 9.84 Å². The van der Waals surface area contributed by atoms with Crippen LogP contribution in [-0.4, -0.2) is 52.6 Å². The van der Waals surface area contributed by atoms with Gasteiger partial charge in [0.1, 0.15) is 11.8 Å². The predicted octanol–water partition coefficient (Wildman–Crippen LogP) is 3.01. The Morgan fingerprint density at radius 2 is 1.88 bits per heavy atom. The van der Waals surface area contributed by atoms with Gasteiger partial charge in [-0.15, -0.1) is 23.5 Å². The number of carboxylic acids is 1. The van der Waals surface area contributed by atoms with Crippen molar-refractivity contribution < 1.29 is 19.4 Å². The monoisotopic (exact) mass is 367 g/mol. The molecule has 2 aliphatic rings. The fourth-order valence-corrected chi connectivity index (χ4v) is 5.85. The number of benzene rings is 1. The number of hydrogen-bond donors (Lipinski definition) is 1. The molecule has 7 heteroatoms. The van der Waals surface area contributed by atoms with Crippen molar-refractivity contribution in [1.82, 2.24) is 4.90 Å². The number of rotatable bonds is 5. The first-order chi connectivity index (χ1) is 11.6. The molecule has 2 saturated heterocycles. The van der Waals surface area contributed by atoms with Crippen LogP contribution in [0.3, 0.4) is 0 Å². The number of likely N-dealkylation sites (tertiary alicyclic amines) is 1. The molecule has 24 heavy (non-hydrogen) atoms. The van der Waals surface area contributed by atoms with Gasteiger partial charge in [0.25, 0.3) is 5.91 Å². The van der Waals surface area contributed by atoms with Gasteiger partial charge >= 0.3 is 5.97 Å². The second-order valence-corrected chi connectivity index (χ2v) is 8.59. The molecule has 5 nitrogen and oxygen atoms in total. The first-order valence-corrected chi connectivity index (χ1v) is 10.2. The minimum Gasteiger partial charge on any atom is -0.484 e. The van der Waals surface area contributed by atoms with Crippen molar-refractivity contribution in [3.05, 3.63) is 29.8 Å². The molecular weight excluding hydrogens is 346 g/mol. The number of carboxylic acid groups (broad SMARTS) is 1. The molecule has 3 rings (SSSR count). The molecular formula is C17H21NO4S2. The average molecular weight is 367 g/mol. The van der Waals surface area contributed by atoms with Crippen molar-refractivity contribution in [1.29, 1.82) is 0 Å². The van der Waals surface area contributed by atoms with Crippen LogP contribution in [0.5, 0.6) is 5.75 Å². The summed E-state index contributed by atoms with van der Waals surface area (Å²) in [4.78, 5) is 24.7. The Kier molecular flexibility index (Phi) is 5.94. The highest BCUT2D eigenvalue weighted by molar-refractivity contribution is 8.16. The molecule has 0 saturated carbocycles. The number of nitrogens with zero attached hydrogens (tertiary/aromatic N) is 1. The lowest BCUT2D eigenvalue weighted by Crippen LogP contribution is -2.42. The molecule has 2 aliphatic heterocycles. The van der Waals surface area contributed by atoms with Crippen LogP contribution in [0, 0.1) is 0 Å². The molecule has 0 unspecified atom stereocenters. The van der Waals surface area contributed by atoms with Gasteiger partial charge in [0.15, 0.2) is 6.61 Å². The zero-order chi connectivity index (χ0) is 16.9. The number of thioether (sulfide) groups is 2. The van der Waals surface area contributed by atoms with Crippen LogP contribution < -0.4 is 4.74 Å². The maximum Gasteiger partial charge on any atom is 0.326 e. The van der Waals surface area contributed by atoms with Gasteiger partial charge in [-0.1, -0.05) is 12.1 Å². The van der Waals surface area contributed by atoms with Gasteiger partial charge in [-0.25, -0.2) is 4.79 Å². The van der Waals surface area contributed by atoms with E-state index in [0.29, 0.717) is 23.3 Å². The quantitative estimate of drug-likeness (QED) is 0.863. The topological polar surface area (TPSA) is 66.8 Å². The van der Waals surface area contributed by atoms with Crippen molar-refractivity contribution in [2.24, 2.45) is 0 Å². The predicted molar refractivity (Wildman–Crippen MR) is 96.6 cm³/mol. The minimum atomic E-state index is -0.937.